The maximum absolute atomic E-state index is 12.9. The Morgan fingerprint density at radius 1 is 0.933 bits per heavy atom. The van der Waals surface area contributed by atoms with E-state index >= 15 is 0 Å². The van der Waals surface area contributed by atoms with Gasteiger partial charge in [-0.05, 0) is 51.7 Å². The summed E-state index contributed by atoms with van der Waals surface area (Å²) in [5, 5.41) is 0. The van der Waals surface area contributed by atoms with Crippen LogP contribution in [0.1, 0.15) is 64.7 Å². The lowest BCUT2D eigenvalue weighted by atomic mass is 9.95. The zero-order valence-corrected chi connectivity index (χ0v) is 17.9. The number of amides is 2. The van der Waals surface area contributed by atoms with Crippen molar-refractivity contribution in [1.82, 2.24) is 19.8 Å². The van der Waals surface area contributed by atoms with E-state index in [2.05, 4.69) is 0 Å². The number of nitrogens with zero attached hydrogens (tertiary/aromatic N) is 4. The SMILES string of the molecule is Cc1nc(C2CCCN(C(=O)c3ccccc3)C2)nc(C)c1CC(=O)N1CCCC1. The van der Waals surface area contributed by atoms with Crippen LogP contribution in [0.5, 0.6) is 0 Å². The fourth-order valence-corrected chi connectivity index (χ4v) is 4.57. The number of benzene rings is 1. The van der Waals surface area contributed by atoms with Gasteiger partial charge >= 0.3 is 0 Å². The molecule has 2 amide bonds. The lowest BCUT2D eigenvalue weighted by molar-refractivity contribution is -0.129. The second-order valence-corrected chi connectivity index (χ2v) is 8.45. The summed E-state index contributed by atoms with van der Waals surface area (Å²) < 4.78 is 0. The summed E-state index contributed by atoms with van der Waals surface area (Å²) in [6, 6.07) is 9.44. The first kappa shape index (κ1) is 20.5. The molecule has 2 aliphatic heterocycles. The molecule has 0 saturated carbocycles. The van der Waals surface area contributed by atoms with E-state index in [4.69, 9.17) is 9.97 Å². The van der Waals surface area contributed by atoms with Crippen molar-refractivity contribution in [3.05, 3.63) is 58.7 Å². The van der Waals surface area contributed by atoms with Crippen LogP contribution in [-0.2, 0) is 11.2 Å². The van der Waals surface area contributed by atoms with Crippen molar-refractivity contribution < 1.29 is 9.59 Å². The van der Waals surface area contributed by atoms with Crippen LogP contribution >= 0.6 is 0 Å². The maximum atomic E-state index is 12.9. The highest BCUT2D eigenvalue weighted by Gasteiger charge is 2.28. The second kappa shape index (κ2) is 8.94. The molecule has 1 aromatic carbocycles. The second-order valence-electron chi connectivity index (χ2n) is 8.45. The van der Waals surface area contributed by atoms with E-state index in [1.807, 2.05) is 54.0 Å². The highest BCUT2D eigenvalue weighted by molar-refractivity contribution is 5.94. The fraction of sp³-hybridized carbons (Fsp3) is 0.500. The van der Waals surface area contributed by atoms with Gasteiger partial charge in [-0.25, -0.2) is 9.97 Å². The fourth-order valence-electron chi connectivity index (χ4n) is 4.57. The molecule has 0 bridgehead atoms. The van der Waals surface area contributed by atoms with Crippen LogP contribution in [0, 0.1) is 13.8 Å². The van der Waals surface area contributed by atoms with E-state index in [9.17, 15) is 9.59 Å². The van der Waals surface area contributed by atoms with Crippen molar-refractivity contribution in [2.75, 3.05) is 26.2 Å². The molecule has 1 unspecified atom stereocenters. The van der Waals surface area contributed by atoms with Gasteiger partial charge in [-0.15, -0.1) is 0 Å². The predicted octanol–water partition coefficient (Wildman–Crippen LogP) is 3.28. The van der Waals surface area contributed by atoms with Crippen LogP contribution in [0.15, 0.2) is 30.3 Å². The average Bonchev–Trinajstić information content (AvgIpc) is 3.31. The van der Waals surface area contributed by atoms with E-state index in [1.54, 1.807) is 0 Å². The third kappa shape index (κ3) is 4.37. The van der Waals surface area contributed by atoms with Gasteiger partial charge in [-0.2, -0.15) is 0 Å². The molecule has 0 aliphatic carbocycles. The van der Waals surface area contributed by atoms with Crippen molar-refractivity contribution in [3.63, 3.8) is 0 Å². The molecule has 1 aromatic heterocycles. The van der Waals surface area contributed by atoms with Crippen molar-refractivity contribution in [2.24, 2.45) is 0 Å². The molecule has 6 heteroatoms. The van der Waals surface area contributed by atoms with Gasteiger partial charge in [-0.3, -0.25) is 9.59 Å². The number of carbonyl (C=O) groups is 2. The summed E-state index contributed by atoms with van der Waals surface area (Å²) in [6.45, 7) is 7.08. The van der Waals surface area contributed by atoms with Gasteiger partial charge in [0.1, 0.15) is 5.82 Å². The Balaban J connectivity index is 1.48. The van der Waals surface area contributed by atoms with Crippen LogP contribution in [0.25, 0.3) is 0 Å². The topological polar surface area (TPSA) is 66.4 Å². The number of rotatable bonds is 4. The standard InChI is InChI=1S/C24H30N4O2/c1-17-21(15-22(29)27-12-6-7-13-27)18(2)26-23(25-17)20-11-8-14-28(16-20)24(30)19-9-4-3-5-10-19/h3-5,9-10,20H,6-8,11-16H2,1-2H3. The zero-order chi connectivity index (χ0) is 21.1. The number of carbonyl (C=O) groups excluding carboxylic acids is 2. The Morgan fingerprint density at radius 3 is 2.23 bits per heavy atom. The summed E-state index contributed by atoms with van der Waals surface area (Å²) >= 11 is 0. The van der Waals surface area contributed by atoms with Crippen molar-refractivity contribution >= 4 is 11.8 Å². The first-order valence-corrected chi connectivity index (χ1v) is 11.0. The predicted molar refractivity (Wildman–Crippen MR) is 115 cm³/mol. The monoisotopic (exact) mass is 406 g/mol. The number of piperidine rings is 1. The Bertz CT molecular complexity index is 899. The molecule has 0 radical (unpaired) electrons. The summed E-state index contributed by atoms with van der Waals surface area (Å²) in [4.78, 5) is 38.9. The lowest BCUT2D eigenvalue weighted by Crippen LogP contribution is -2.39. The van der Waals surface area contributed by atoms with Gasteiger partial charge in [0.15, 0.2) is 0 Å². The number of likely N-dealkylation sites (tertiary alicyclic amines) is 2. The Morgan fingerprint density at radius 2 is 1.57 bits per heavy atom. The van der Waals surface area contributed by atoms with Crippen molar-refractivity contribution in [1.29, 1.82) is 0 Å². The highest BCUT2D eigenvalue weighted by Crippen LogP contribution is 2.27. The molecular weight excluding hydrogens is 376 g/mol. The van der Waals surface area contributed by atoms with E-state index in [-0.39, 0.29) is 17.7 Å². The zero-order valence-electron chi connectivity index (χ0n) is 17.9. The Labute approximate surface area is 178 Å². The quantitative estimate of drug-likeness (QED) is 0.782. The average molecular weight is 407 g/mol. The summed E-state index contributed by atoms with van der Waals surface area (Å²) in [5.74, 6) is 1.18. The third-order valence-corrected chi connectivity index (χ3v) is 6.32. The van der Waals surface area contributed by atoms with Gasteiger partial charge in [0, 0.05) is 54.6 Å². The number of hydrogen-bond acceptors (Lipinski definition) is 4. The Kier molecular flexibility index (Phi) is 6.11. The van der Waals surface area contributed by atoms with Crippen LogP contribution in [0.4, 0.5) is 0 Å². The number of aromatic nitrogens is 2. The highest BCUT2D eigenvalue weighted by atomic mass is 16.2. The molecular formula is C24H30N4O2. The van der Waals surface area contributed by atoms with E-state index in [0.717, 1.165) is 73.7 Å². The summed E-state index contributed by atoms with van der Waals surface area (Å²) in [5.41, 5.74) is 3.44. The van der Waals surface area contributed by atoms with Gasteiger partial charge in [0.2, 0.25) is 5.91 Å². The van der Waals surface area contributed by atoms with E-state index in [0.29, 0.717) is 13.0 Å². The van der Waals surface area contributed by atoms with E-state index in [1.165, 1.54) is 0 Å². The minimum Gasteiger partial charge on any atom is -0.342 e. The molecule has 4 rings (SSSR count). The van der Waals surface area contributed by atoms with Crippen LogP contribution in [0.3, 0.4) is 0 Å². The van der Waals surface area contributed by atoms with Gasteiger partial charge < -0.3 is 9.80 Å². The van der Waals surface area contributed by atoms with Crippen LogP contribution in [-0.4, -0.2) is 57.8 Å². The molecule has 3 heterocycles. The van der Waals surface area contributed by atoms with Gasteiger partial charge in [0.25, 0.3) is 5.91 Å². The first-order chi connectivity index (χ1) is 14.5. The van der Waals surface area contributed by atoms with Gasteiger partial charge in [0.05, 0.1) is 6.42 Å². The van der Waals surface area contributed by atoms with Gasteiger partial charge in [-0.1, -0.05) is 18.2 Å². The lowest BCUT2D eigenvalue weighted by Gasteiger charge is -2.32. The smallest absolute Gasteiger partial charge is 0.253 e. The molecule has 2 aliphatic rings. The molecule has 6 nitrogen and oxygen atoms in total. The number of aryl methyl sites for hydroxylation is 2. The third-order valence-electron chi connectivity index (χ3n) is 6.32. The first-order valence-electron chi connectivity index (χ1n) is 11.0. The van der Waals surface area contributed by atoms with Crippen molar-refractivity contribution in [2.45, 2.75) is 51.9 Å². The maximum Gasteiger partial charge on any atom is 0.253 e. The molecule has 2 saturated heterocycles. The Hall–Kier alpha value is -2.76. The summed E-state index contributed by atoms with van der Waals surface area (Å²) in [7, 11) is 0. The molecule has 1 atom stereocenters. The molecule has 2 fully saturated rings. The minimum absolute atomic E-state index is 0.0709. The number of hydrogen-bond donors (Lipinski definition) is 0. The minimum atomic E-state index is 0.0709. The molecule has 0 N–H and O–H groups in total. The summed E-state index contributed by atoms with van der Waals surface area (Å²) in [6.07, 6.45) is 4.49. The molecule has 2 aromatic rings. The van der Waals surface area contributed by atoms with Crippen LogP contribution < -0.4 is 0 Å². The molecule has 158 valence electrons. The largest absolute Gasteiger partial charge is 0.342 e. The van der Waals surface area contributed by atoms with E-state index < -0.39 is 0 Å². The van der Waals surface area contributed by atoms with Crippen molar-refractivity contribution in [3.8, 4) is 0 Å². The normalized spacial score (nSPS) is 19.2. The molecule has 30 heavy (non-hydrogen) atoms. The molecule has 0 spiro atoms. The van der Waals surface area contributed by atoms with Crippen LogP contribution in [0.2, 0.25) is 0 Å².